The average Bonchev–Trinajstić information content (AvgIpc) is 2.83. The van der Waals surface area contributed by atoms with Gasteiger partial charge in [0.25, 0.3) is 0 Å². The number of rotatable bonds is 3. The molecule has 1 aliphatic rings. The highest BCUT2D eigenvalue weighted by atomic mass is 35.5. The van der Waals surface area contributed by atoms with E-state index in [1.54, 1.807) is 0 Å². The van der Waals surface area contributed by atoms with Crippen LogP contribution in [0.15, 0.2) is 22.7 Å². The van der Waals surface area contributed by atoms with E-state index in [0.717, 1.165) is 49.9 Å². The number of nitrogens with zero attached hydrogens (tertiary/aromatic N) is 3. The highest BCUT2D eigenvalue weighted by Crippen LogP contribution is 2.33. The second-order valence-electron chi connectivity index (χ2n) is 5.64. The van der Waals surface area contributed by atoms with Gasteiger partial charge in [-0.2, -0.15) is 0 Å². The molecule has 6 heteroatoms. The monoisotopic (exact) mass is 339 g/mol. The van der Waals surface area contributed by atoms with E-state index in [1.807, 2.05) is 32.0 Å². The van der Waals surface area contributed by atoms with Crippen LogP contribution in [0.3, 0.4) is 0 Å². The first-order valence-electron chi connectivity index (χ1n) is 7.39. The highest BCUT2D eigenvalue weighted by molar-refractivity contribution is 6.43. The summed E-state index contributed by atoms with van der Waals surface area (Å²) in [5, 5.41) is 5.27. The molecule has 0 spiro atoms. The lowest BCUT2D eigenvalue weighted by atomic mass is 10.1. The molecule has 0 amide bonds. The summed E-state index contributed by atoms with van der Waals surface area (Å²) in [6.07, 6.45) is 0. The molecule has 0 atom stereocenters. The number of hydrogen-bond donors (Lipinski definition) is 0. The van der Waals surface area contributed by atoms with Gasteiger partial charge in [0, 0.05) is 38.3 Å². The smallest absolute Gasteiger partial charge is 0.138 e. The Morgan fingerprint density at radius 2 is 1.86 bits per heavy atom. The van der Waals surface area contributed by atoms with E-state index in [4.69, 9.17) is 27.7 Å². The van der Waals surface area contributed by atoms with Crippen molar-refractivity contribution in [3.8, 4) is 0 Å². The number of piperazine rings is 1. The molecule has 1 aromatic carbocycles. The standard InChI is InChI=1S/C16H19Cl2N3O/c1-11-13(12(2)22-19-11)10-20-6-8-21(9-7-20)15-5-3-4-14(17)16(15)18/h3-5H,6-10H2,1-2H3. The van der Waals surface area contributed by atoms with Crippen molar-refractivity contribution in [1.82, 2.24) is 10.1 Å². The van der Waals surface area contributed by atoms with Crippen molar-refractivity contribution in [2.24, 2.45) is 0 Å². The second-order valence-corrected chi connectivity index (χ2v) is 6.42. The Hall–Kier alpha value is -1.23. The summed E-state index contributed by atoms with van der Waals surface area (Å²) in [4.78, 5) is 4.71. The van der Waals surface area contributed by atoms with Gasteiger partial charge in [0.2, 0.25) is 0 Å². The third-order valence-electron chi connectivity index (χ3n) is 4.21. The van der Waals surface area contributed by atoms with E-state index in [9.17, 15) is 0 Å². The minimum atomic E-state index is 0.609. The summed E-state index contributed by atoms with van der Waals surface area (Å²) in [5.74, 6) is 0.915. The van der Waals surface area contributed by atoms with Crippen molar-refractivity contribution in [2.45, 2.75) is 20.4 Å². The Morgan fingerprint density at radius 1 is 1.14 bits per heavy atom. The number of hydrogen-bond acceptors (Lipinski definition) is 4. The molecule has 0 aliphatic carbocycles. The van der Waals surface area contributed by atoms with Crippen LogP contribution < -0.4 is 4.90 Å². The quantitative estimate of drug-likeness (QED) is 0.848. The van der Waals surface area contributed by atoms with Crippen LogP contribution in [0.25, 0.3) is 0 Å². The molecule has 118 valence electrons. The number of aryl methyl sites for hydroxylation is 2. The van der Waals surface area contributed by atoms with Gasteiger partial charge in [-0.1, -0.05) is 34.4 Å². The van der Waals surface area contributed by atoms with Crippen LogP contribution in [-0.2, 0) is 6.54 Å². The summed E-state index contributed by atoms with van der Waals surface area (Å²) >= 11 is 12.4. The maximum absolute atomic E-state index is 6.31. The predicted octanol–water partition coefficient (Wildman–Crippen LogP) is 3.92. The SMILES string of the molecule is Cc1noc(C)c1CN1CCN(c2cccc(Cl)c2Cl)CC1. The molecule has 0 bridgehead atoms. The van der Waals surface area contributed by atoms with E-state index >= 15 is 0 Å². The van der Waals surface area contributed by atoms with Crippen LogP contribution in [0.4, 0.5) is 5.69 Å². The van der Waals surface area contributed by atoms with Gasteiger partial charge in [0.15, 0.2) is 0 Å². The first-order valence-corrected chi connectivity index (χ1v) is 8.15. The molecule has 2 aromatic rings. The molecule has 2 heterocycles. The predicted molar refractivity (Wildman–Crippen MR) is 89.9 cm³/mol. The molecule has 3 rings (SSSR count). The van der Waals surface area contributed by atoms with E-state index < -0.39 is 0 Å². The number of anilines is 1. The van der Waals surface area contributed by atoms with Gasteiger partial charge in [0.1, 0.15) is 5.76 Å². The molecule has 0 radical (unpaired) electrons. The maximum atomic E-state index is 6.31. The Bertz CT molecular complexity index is 644. The van der Waals surface area contributed by atoms with Crippen molar-refractivity contribution < 1.29 is 4.52 Å². The highest BCUT2D eigenvalue weighted by Gasteiger charge is 2.21. The lowest BCUT2D eigenvalue weighted by Gasteiger charge is -2.36. The summed E-state index contributed by atoms with van der Waals surface area (Å²) in [6, 6.07) is 5.79. The zero-order chi connectivity index (χ0) is 15.7. The Labute approximate surface area is 140 Å². The van der Waals surface area contributed by atoms with Crippen LogP contribution in [-0.4, -0.2) is 36.2 Å². The fraction of sp³-hybridized carbons (Fsp3) is 0.438. The Morgan fingerprint density at radius 3 is 2.50 bits per heavy atom. The summed E-state index contributed by atoms with van der Waals surface area (Å²) < 4.78 is 5.24. The van der Waals surface area contributed by atoms with Crippen LogP contribution >= 0.6 is 23.2 Å². The average molecular weight is 340 g/mol. The maximum Gasteiger partial charge on any atom is 0.138 e. The molecule has 0 unspecified atom stereocenters. The van der Waals surface area contributed by atoms with E-state index in [-0.39, 0.29) is 0 Å². The minimum absolute atomic E-state index is 0.609. The summed E-state index contributed by atoms with van der Waals surface area (Å²) in [5.41, 5.74) is 3.21. The van der Waals surface area contributed by atoms with Crippen LogP contribution in [0.1, 0.15) is 17.0 Å². The topological polar surface area (TPSA) is 32.5 Å². The minimum Gasteiger partial charge on any atom is -0.368 e. The van der Waals surface area contributed by atoms with Crippen molar-refractivity contribution in [3.05, 3.63) is 45.3 Å². The second kappa shape index (κ2) is 6.49. The largest absolute Gasteiger partial charge is 0.368 e. The zero-order valence-corrected chi connectivity index (χ0v) is 14.3. The Kier molecular flexibility index (Phi) is 4.62. The van der Waals surface area contributed by atoms with Crippen molar-refractivity contribution in [2.75, 3.05) is 31.1 Å². The normalized spacial score (nSPS) is 16.3. The molecule has 1 aliphatic heterocycles. The lowest BCUT2D eigenvalue weighted by molar-refractivity contribution is 0.248. The van der Waals surface area contributed by atoms with Gasteiger partial charge in [-0.15, -0.1) is 0 Å². The number of aromatic nitrogens is 1. The molecule has 1 saturated heterocycles. The van der Waals surface area contributed by atoms with Crippen LogP contribution in [0.2, 0.25) is 10.0 Å². The number of halogens is 2. The molecule has 1 aromatic heterocycles. The molecule has 22 heavy (non-hydrogen) atoms. The van der Waals surface area contributed by atoms with E-state index in [0.29, 0.717) is 10.0 Å². The van der Waals surface area contributed by atoms with Crippen molar-refractivity contribution >= 4 is 28.9 Å². The molecular formula is C16H19Cl2N3O. The summed E-state index contributed by atoms with van der Waals surface area (Å²) in [7, 11) is 0. The fourth-order valence-electron chi connectivity index (χ4n) is 2.83. The number of benzene rings is 1. The molecular weight excluding hydrogens is 321 g/mol. The lowest BCUT2D eigenvalue weighted by Crippen LogP contribution is -2.46. The summed E-state index contributed by atoms with van der Waals surface area (Å²) in [6.45, 7) is 8.68. The third-order valence-corrected chi connectivity index (χ3v) is 5.02. The van der Waals surface area contributed by atoms with Crippen LogP contribution in [0, 0.1) is 13.8 Å². The van der Waals surface area contributed by atoms with Crippen molar-refractivity contribution in [1.29, 1.82) is 0 Å². The first kappa shape index (κ1) is 15.7. The van der Waals surface area contributed by atoms with Gasteiger partial charge < -0.3 is 9.42 Å². The van der Waals surface area contributed by atoms with Gasteiger partial charge in [-0.25, -0.2) is 0 Å². The molecule has 0 N–H and O–H groups in total. The molecule has 4 nitrogen and oxygen atoms in total. The van der Waals surface area contributed by atoms with Gasteiger partial charge >= 0.3 is 0 Å². The van der Waals surface area contributed by atoms with Gasteiger partial charge in [0.05, 0.1) is 21.4 Å². The molecule has 1 fully saturated rings. The van der Waals surface area contributed by atoms with Crippen molar-refractivity contribution in [3.63, 3.8) is 0 Å². The zero-order valence-electron chi connectivity index (χ0n) is 12.8. The first-order chi connectivity index (χ1) is 10.6. The Balaban J connectivity index is 1.64. The third kappa shape index (κ3) is 3.09. The van der Waals surface area contributed by atoms with Crippen LogP contribution in [0.5, 0.6) is 0 Å². The molecule has 0 saturated carbocycles. The van der Waals surface area contributed by atoms with E-state index in [1.165, 1.54) is 5.56 Å². The van der Waals surface area contributed by atoms with Gasteiger partial charge in [-0.3, -0.25) is 4.90 Å². The van der Waals surface area contributed by atoms with Gasteiger partial charge in [-0.05, 0) is 26.0 Å². The van der Waals surface area contributed by atoms with E-state index in [2.05, 4.69) is 15.0 Å². The fourth-order valence-corrected chi connectivity index (χ4v) is 3.25.